The molecular weight excluding hydrogens is 260 g/mol. The highest BCUT2D eigenvalue weighted by Crippen LogP contribution is 2.24. The molecule has 0 saturated carbocycles. The maximum Gasteiger partial charge on any atom is 0.364 e. The SMILES string of the molecule is COC1CCN(c2ccc3n[nH]c(=O)n3n2)C(CN)C1. The molecule has 8 nitrogen and oxygen atoms in total. The van der Waals surface area contributed by atoms with E-state index in [1.807, 2.05) is 6.07 Å². The Morgan fingerprint density at radius 3 is 3.15 bits per heavy atom. The van der Waals surface area contributed by atoms with Crippen molar-refractivity contribution >= 4 is 11.5 Å². The lowest BCUT2D eigenvalue weighted by molar-refractivity contribution is 0.0707. The fourth-order valence-electron chi connectivity index (χ4n) is 2.70. The second-order valence-electron chi connectivity index (χ2n) is 4.96. The third kappa shape index (κ3) is 2.16. The van der Waals surface area contributed by atoms with Crippen LogP contribution in [-0.2, 0) is 4.74 Å². The molecule has 2 atom stereocenters. The molecule has 2 unspecified atom stereocenters. The summed E-state index contributed by atoms with van der Waals surface area (Å²) in [6.45, 7) is 1.34. The molecule has 0 spiro atoms. The lowest BCUT2D eigenvalue weighted by atomic mass is 9.99. The number of nitrogens with two attached hydrogens (primary N) is 1. The molecule has 2 aromatic rings. The highest BCUT2D eigenvalue weighted by Gasteiger charge is 2.28. The summed E-state index contributed by atoms with van der Waals surface area (Å²) in [6.07, 6.45) is 2.03. The van der Waals surface area contributed by atoms with Crippen molar-refractivity contribution in [1.82, 2.24) is 19.8 Å². The van der Waals surface area contributed by atoms with Gasteiger partial charge in [-0.25, -0.2) is 9.89 Å². The van der Waals surface area contributed by atoms with Gasteiger partial charge in [0.1, 0.15) is 5.82 Å². The molecular formula is C12H18N6O2. The number of piperidine rings is 1. The van der Waals surface area contributed by atoms with Crippen LogP contribution < -0.4 is 16.3 Å². The van der Waals surface area contributed by atoms with Gasteiger partial charge in [0, 0.05) is 26.2 Å². The molecule has 20 heavy (non-hydrogen) atoms. The predicted molar refractivity (Wildman–Crippen MR) is 73.8 cm³/mol. The van der Waals surface area contributed by atoms with Gasteiger partial charge in [0.15, 0.2) is 5.65 Å². The van der Waals surface area contributed by atoms with Crippen LogP contribution in [0.15, 0.2) is 16.9 Å². The number of fused-ring (bicyclic) bond motifs is 1. The molecule has 0 aromatic carbocycles. The maximum absolute atomic E-state index is 11.6. The lowest BCUT2D eigenvalue weighted by Crippen LogP contribution is -2.49. The van der Waals surface area contributed by atoms with E-state index in [-0.39, 0.29) is 17.8 Å². The second-order valence-corrected chi connectivity index (χ2v) is 4.96. The van der Waals surface area contributed by atoms with Crippen molar-refractivity contribution in [2.45, 2.75) is 25.0 Å². The first-order valence-electron chi connectivity index (χ1n) is 6.67. The second kappa shape index (κ2) is 5.22. The van der Waals surface area contributed by atoms with E-state index in [0.29, 0.717) is 12.2 Å². The van der Waals surface area contributed by atoms with Gasteiger partial charge >= 0.3 is 5.69 Å². The number of nitrogens with zero attached hydrogens (tertiary/aromatic N) is 4. The van der Waals surface area contributed by atoms with Crippen molar-refractivity contribution in [3.05, 3.63) is 22.6 Å². The number of hydrogen-bond donors (Lipinski definition) is 2. The molecule has 1 aliphatic rings. The maximum atomic E-state index is 11.6. The van der Waals surface area contributed by atoms with E-state index in [2.05, 4.69) is 20.2 Å². The third-order valence-electron chi connectivity index (χ3n) is 3.83. The standard InChI is InChI=1S/C12H18N6O2/c1-20-9-4-5-17(8(6-9)7-13)11-3-2-10-14-15-12(19)18(10)16-11/h2-3,8-9H,4-7,13H2,1H3,(H,15,19). The number of methoxy groups -OCH3 is 1. The van der Waals surface area contributed by atoms with Gasteiger partial charge in [0.25, 0.3) is 0 Å². The van der Waals surface area contributed by atoms with Crippen molar-refractivity contribution in [1.29, 1.82) is 0 Å². The highest BCUT2D eigenvalue weighted by molar-refractivity contribution is 5.46. The Morgan fingerprint density at radius 2 is 2.40 bits per heavy atom. The number of aromatic nitrogens is 4. The Labute approximate surface area is 115 Å². The quantitative estimate of drug-likeness (QED) is 0.774. The smallest absolute Gasteiger partial charge is 0.364 e. The molecule has 1 fully saturated rings. The summed E-state index contributed by atoms with van der Waals surface area (Å²) in [5.41, 5.74) is 6.03. The van der Waals surface area contributed by atoms with E-state index >= 15 is 0 Å². The van der Waals surface area contributed by atoms with Crippen LogP contribution in [0.2, 0.25) is 0 Å². The largest absolute Gasteiger partial charge is 0.381 e. The zero-order chi connectivity index (χ0) is 14.1. The number of hydrogen-bond acceptors (Lipinski definition) is 6. The van der Waals surface area contributed by atoms with Crippen molar-refractivity contribution in [3.8, 4) is 0 Å². The minimum Gasteiger partial charge on any atom is -0.381 e. The number of ether oxygens (including phenoxy) is 1. The predicted octanol–water partition coefficient (Wildman–Crippen LogP) is -0.640. The van der Waals surface area contributed by atoms with Crippen molar-refractivity contribution in [2.24, 2.45) is 5.73 Å². The molecule has 3 N–H and O–H groups in total. The Morgan fingerprint density at radius 1 is 1.55 bits per heavy atom. The first-order valence-corrected chi connectivity index (χ1v) is 6.67. The first-order chi connectivity index (χ1) is 9.72. The van der Waals surface area contributed by atoms with Crippen LogP contribution in [-0.4, -0.2) is 52.2 Å². The van der Waals surface area contributed by atoms with E-state index < -0.39 is 0 Å². The van der Waals surface area contributed by atoms with Gasteiger partial charge in [0.2, 0.25) is 0 Å². The van der Waals surface area contributed by atoms with Gasteiger partial charge in [0.05, 0.1) is 6.10 Å². The fourth-order valence-corrected chi connectivity index (χ4v) is 2.70. The summed E-state index contributed by atoms with van der Waals surface area (Å²) in [7, 11) is 1.73. The fraction of sp³-hybridized carbons (Fsp3) is 0.583. The first kappa shape index (κ1) is 13.1. The van der Waals surface area contributed by atoms with Crippen molar-refractivity contribution in [3.63, 3.8) is 0 Å². The van der Waals surface area contributed by atoms with Crippen molar-refractivity contribution in [2.75, 3.05) is 25.1 Å². The average molecular weight is 278 g/mol. The van der Waals surface area contributed by atoms with E-state index in [1.165, 1.54) is 4.52 Å². The molecule has 0 amide bonds. The molecule has 1 saturated heterocycles. The highest BCUT2D eigenvalue weighted by atomic mass is 16.5. The topological polar surface area (TPSA) is 102 Å². The summed E-state index contributed by atoms with van der Waals surface area (Å²) in [5, 5.41) is 10.6. The summed E-state index contributed by atoms with van der Waals surface area (Å²) < 4.78 is 6.68. The Kier molecular flexibility index (Phi) is 3.41. The molecule has 108 valence electrons. The summed E-state index contributed by atoms with van der Waals surface area (Å²) in [5.74, 6) is 0.742. The van der Waals surface area contributed by atoms with Crippen LogP contribution >= 0.6 is 0 Å². The minimum atomic E-state index is -0.335. The minimum absolute atomic E-state index is 0.168. The third-order valence-corrected chi connectivity index (χ3v) is 3.83. The van der Waals surface area contributed by atoms with Crippen LogP contribution in [0.3, 0.4) is 0 Å². The molecule has 0 bridgehead atoms. The van der Waals surface area contributed by atoms with Gasteiger partial charge in [-0.2, -0.15) is 9.61 Å². The Hall–Kier alpha value is -1.93. The van der Waals surface area contributed by atoms with E-state index in [4.69, 9.17) is 10.5 Å². The molecule has 3 rings (SSSR count). The van der Waals surface area contributed by atoms with Gasteiger partial charge in [-0.05, 0) is 25.0 Å². The van der Waals surface area contributed by atoms with Crippen LogP contribution in [0.25, 0.3) is 5.65 Å². The normalized spacial score (nSPS) is 23.4. The van der Waals surface area contributed by atoms with Crippen molar-refractivity contribution < 1.29 is 4.74 Å². The Balaban J connectivity index is 1.93. The van der Waals surface area contributed by atoms with Gasteiger partial charge < -0.3 is 15.4 Å². The van der Waals surface area contributed by atoms with E-state index in [0.717, 1.165) is 25.2 Å². The zero-order valence-electron chi connectivity index (χ0n) is 11.3. The zero-order valence-corrected chi connectivity index (χ0v) is 11.3. The molecule has 0 aliphatic carbocycles. The Bertz CT molecular complexity index is 651. The summed E-state index contributed by atoms with van der Waals surface area (Å²) in [6, 6.07) is 3.81. The van der Waals surface area contributed by atoms with Crippen LogP contribution in [0.5, 0.6) is 0 Å². The van der Waals surface area contributed by atoms with Gasteiger partial charge in [-0.1, -0.05) is 0 Å². The molecule has 2 aromatic heterocycles. The van der Waals surface area contributed by atoms with Gasteiger partial charge in [-0.15, -0.1) is 5.10 Å². The summed E-state index contributed by atoms with van der Waals surface area (Å²) in [4.78, 5) is 13.7. The van der Waals surface area contributed by atoms with E-state index in [1.54, 1.807) is 13.2 Å². The van der Waals surface area contributed by atoms with Crippen LogP contribution in [0, 0.1) is 0 Å². The van der Waals surface area contributed by atoms with E-state index in [9.17, 15) is 4.79 Å². The average Bonchev–Trinajstić information content (AvgIpc) is 2.87. The van der Waals surface area contributed by atoms with Crippen LogP contribution in [0.1, 0.15) is 12.8 Å². The number of anilines is 1. The van der Waals surface area contributed by atoms with Gasteiger partial charge in [-0.3, -0.25) is 0 Å². The number of H-pyrrole nitrogens is 1. The molecule has 1 aliphatic heterocycles. The molecule has 3 heterocycles. The summed E-state index contributed by atoms with van der Waals surface area (Å²) >= 11 is 0. The lowest BCUT2D eigenvalue weighted by Gasteiger charge is -2.39. The number of nitrogens with one attached hydrogen (secondary N) is 1. The number of rotatable bonds is 3. The van der Waals surface area contributed by atoms with Crippen LogP contribution in [0.4, 0.5) is 5.82 Å². The molecule has 0 radical (unpaired) electrons. The number of aromatic amines is 1. The monoisotopic (exact) mass is 278 g/mol. The molecule has 8 heteroatoms.